The minimum atomic E-state index is -3.71. The summed E-state index contributed by atoms with van der Waals surface area (Å²) in [6.07, 6.45) is -4.88. The molecule has 0 unspecified atom stereocenters. The molecule has 1 aliphatic heterocycles. The number of sulfonamides is 1. The number of thioether (sulfide) groups is 1. The number of nitrogens with one attached hydrogen (secondary N) is 1. The van der Waals surface area contributed by atoms with Gasteiger partial charge in [-0.25, -0.2) is 13.6 Å². The molecule has 5 atom stereocenters. The summed E-state index contributed by atoms with van der Waals surface area (Å²) in [4.78, 5) is 12.0. The molecule has 1 heterocycles. The average molecular weight is 509 g/mol. The lowest BCUT2D eigenvalue weighted by Crippen LogP contribution is -2.59. The third-order valence-corrected chi connectivity index (χ3v) is 7.02. The summed E-state index contributed by atoms with van der Waals surface area (Å²) >= 11 is 1.57. The maximum absolute atomic E-state index is 11.9. The van der Waals surface area contributed by atoms with Gasteiger partial charge in [-0.05, 0) is 36.3 Å². The van der Waals surface area contributed by atoms with Gasteiger partial charge in [0.05, 0.1) is 18.1 Å². The number of hydrogen-bond donors (Lipinski definition) is 6. The maximum Gasteiger partial charge on any atom is 0.238 e. The summed E-state index contributed by atoms with van der Waals surface area (Å²) in [6, 6.07) is 6.19. The third-order valence-electron chi connectivity index (χ3n) is 5.02. The molecule has 1 aromatic rings. The van der Waals surface area contributed by atoms with Crippen LogP contribution in [0.3, 0.4) is 0 Å². The molecule has 188 valence electrons. The molecule has 1 saturated heterocycles. The summed E-state index contributed by atoms with van der Waals surface area (Å²) in [6.45, 7) is 0.172. The van der Waals surface area contributed by atoms with Crippen molar-refractivity contribution in [2.24, 2.45) is 5.14 Å². The van der Waals surface area contributed by atoms with Gasteiger partial charge in [0.15, 0.2) is 6.29 Å². The molecule has 1 amide bonds. The summed E-state index contributed by atoms with van der Waals surface area (Å²) in [5.74, 6) is 1.25. The number of primary sulfonamides is 1. The molecule has 1 fully saturated rings. The van der Waals surface area contributed by atoms with Crippen molar-refractivity contribution in [3.63, 3.8) is 0 Å². The molecule has 7 N–H and O–H groups in total. The molecule has 0 aliphatic carbocycles. The first-order valence-electron chi connectivity index (χ1n) is 10.5. The molecule has 1 aromatic carbocycles. The Morgan fingerprint density at radius 1 is 1.12 bits per heavy atom. The molecule has 0 bridgehead atoms. The zero-order valence-corrected chi connectivity index (χ0v) is 19.7. The fourth-order valence-corrected chi connectivity index (χ4v) is 4.48. The average Bonchev–Trinajstić information content (AvgIpc) is 2.78. The number of hydrogen-bond acceptors (Lipinski definition) is 10. The second-order valence-electron chi connectivity index (χ2n) is 7.57. The maximum atomic E-state index is 11.9. The Kier molecular flexibility index (Phi) is 11.5. The molecule has 13 heteroatoms. The van der Waals surface area contributed by atoms with E-state index in [9.17, 15) is 28.5 Å². The van der Waals surface area contributed by atoms with Gasteiger partial charge in [0, 0.05) is 18.7 Å². The Bertz CT molecular complexity index is 836. The van der Waals surface area contributed by atoms with Gasteiger partial charge >= 0.3 is 0 Å². The van der Waals surface area contributed by atoms with Gasteiger partial charge in [0.1, 0.15) is 24.4 Å². The molecule has 1 aliphatic rings. The van der Waals surface area contributed by atoms with Gasteiger partial charge in [-0.15, -0.1) is 0 Å². The standard InChI is InChI=1S/C20H32N2O9S2/c21-33(28,29)14-4-2-13(3-5-14)6-8-22-16(24)7-11-32-10-1-9-30-20-19(27)18(26)17(25)15(12-23)31-20/h2-5,15,17-20,23,25-27H,1,6-12H2,(H,22,24)(H2,21,28,29)/t15-,17-,18+,19+,20+/m1/s1. The highest BCUT2D eigenvalue weighted by atomic mass is 32.2. The monoisotopic (exact) mass is 508 g/mol. The van der Waals surface area contributed by atoms with Crippen molar-refractivity contribution in [1.29, 1.82) is 0 Å². The Morgan fingerprint density at radius 3 is 2.45 bits per heavy atom. The van der Waals surface area contributed by atoms with Crippen LogP contribution in [0.4, 0.5) is 0 Å². The minimum Gasteiger partial charge on any atom is -0.394 e. The van der Waals surface area contributed by atoms with Crippen LogP contribution in [0.25, 0.3) is 0 Å². The highest BCUT2D eigenvalue weighted by Crippen LogP contribution is 2.22. The quantitative estimate of drug-likeness (QED) is 0.168. The number of rotatable bonds is 13. The van der Waals surface area contributed by atoms with Gasteiger partial charge in [-0.1, -0.05) is 12.1 Å². The van der Waals surface area contributed by atoms with Crippen LogP contribution in [0.5, 0.6) is 0 Å². The Labute approximate surface area is 197 Å². The van der Waals surface area contributed by atoms with Crippen molar-refractivity contribution in [2.45, 2.75) is 54.9 Å². The zero-order chi connectivity index (χ0) is 24.4. The topological polar surface area (TPSA) is 189 Å². The van der Waals surface area contributed by atoms with E-state index in [0.717, 1.165) is 5.56 Å². The van der Waals surface area contributed by atoms with E-state index in [0.29, 0.717) is 37.3 Å². The van der Waals surface area contributed by atoms with Crippen LogP contribution >= 0.6 is 11.8 Å². The number of nitrogens with two attached hydrogens (primary N) is 1. The number of aliphatic hydroxyl groups is 4. The van der Waals surface area contributed by atoms with Gasteiger partial charge in [0.2, 0.25) is 15.9 Å². The van der Waals surface area contributed by atoms with E-state index in [2.05, 4.69) is 5.32 Å². The highest BCUT2D eigenvalue weighted by molar-refractivity contribution is 7.99. The fraction of sp³-hybridized carbons (Fsp3) is 0.650. The molecular formula is C20H32N2O9S2. The van der Waals surface area contributed by atoms with Crippen LogP contribution in [0.15, 0.2) is 29.2 Å². The van der Waals surface area contributed by atoms with Crippen LogP contribution in [0.1, 0.15) is 18.4 Å². The lowest BCUT2D eigenvalue weighted by atomic mass is 9.99. The number of carbonyl (C=O) groups is 1. The number of ether oxygens (including phenoxy) is 2. The Balaban J connectivity index is 1.52. The van der Waals surface area contributed by atoms with Crippen LogP contribution < -0.4 is 10.5 Å². The fourth-order valence-electron chi connectivity index (χ4n) is 3.11. The van der Waals surface area contributed by atoms with E-state index < -0.39 is 47.3 Å². The van der Waals surface area contributed by atoms with Crippen molar-refractivity contribution >= 4 is 27.7 Å². The summed E-state index contributed by atoms with van der Waals surface area (Å²) < 4.78 is 33.1. The van der Waals surface area contributed by atoms with Crippen LogP contribution in [0, 0.1) is 0 Å². The second kappa shape index (κ2) is 13.6. The van der Waals surface area contributed by atoms with Gasteiger partial charge in [-0.3, -0.25) is 4.79 Å². The van der Waals surface area contributed by atoms with E-state index in [1.807, 2.05) is 0 Å². The lowest BCUT2D eigenvalue weighted by molar-refractivity contribution is -0.300. The zero-order valence-electron chi connectivity index (χ0n) is 18.1. The van der Waals surface area contributed by atoms with Gasteiger partial charge in [0.25, 0.3) is 0 Å². The Morgan fingerprint density at radius 2 is 1.82 bits per heavy atom. The highest BCUT2D eigenvalue weighted by Gasteiger charge is 2.43. The minimum absolute atomic E-state index is 0.0471. The van der Waals surface area contributed by atoms with Crippen LogP contribution in [-0.4, -0.2) is 96.7 Å². The molecule has 0 spiro atoms. The first-order valence-corrected chi connectivity index (χ1v) is 13.2. The third kappa shape index (κ3) is 9.11. The molecule has 0 radical (unpaired) electrons. The SMILES string of the molecule is NS(=O)(=O)c1ccc(CCNC(=O)CCSCCCO[C@H]2O[C@H](CO)[C@@H](O)[C@H](O)[C@@H]2O)cc1. The molecular weight excluding hydrogens is 476 g/mol. The number of benzene rings is 1. The summed E-state index contributed by atoms with van der Waals surface area (Å²) in [5, 5.41) is 46.4. The van der Waals surface area contributed by atoms with Crippen molar-refractivity contribution in [2.75, 3.05) is 31.3 Å². The molecule has 2 rings (SSSR count). The van der Waals surface area contributed by atoms with Crippen molar-refractivity contribution in [3.05, 3.63) is 29.8 Å². The van der Waals surface area contributed by atoms with Crippen LogP contribution in [-0.2, 0) is 30.7 Å². The number of aliphatic hydroxyl groups excluding tert-OH is 4. The predicted octanol–water partition coefficient (Wildman–Crippen LogP) is -1.68. The number of carbonyl (C=O) groups excluding carboxylic acids is 1. The van der Waals surface area contributed by atoms with Crippen molar-refractivity contribution in [3.8, 4) is 0 Å². The molecule has 33 heavy (non-hydrogen) atoms. The van der Waals surface area contributed by atoms with Crippen LogP contribution in [0.2, 0.25) is 0 Å². The van der Waals surface area contributed by atoms with E-state index in [4.69, 9.17) is 19.7 Å². The van der Waals surface area contributed by atoms with Gasteiger partial charge < -0.3 is 35.2 Å². The largest absolute Gasteiger partial charge is 0.394 e. The normalized spacial score (nSPS) is 25.7. The summed E-state index contributed by atoms with van der Waals surface area (Å²) in [5.41, 5.74) is 0.886. The van der Waals surface area contributed by atoms with Gasteiger partial charge in [-0.2, -0.15) is 11.8 Å². The van der Waals surface area contributed by atoms with Crippen molar-refractivity contribution < 1.29 is 43.1 Å². The van der Waals surface area contributed by atoms with E-state index >= 15 is 0 Å². The lowest BCUT2D eigenvalue weighted by Gasteiger charge is -2.39. The number of amides is 1. The summed E-state index contributed by atoms with van der Waals surface area (Å²) in [7, 11) is -3.71. The first kappa shape index (κ1) is 28.0. The van der Waals surface area contributed by atoms with Crippen molar-refractivity contribution in [1.82, 2.24) is 5.32 Å². The smallest absolute Gasteiger partial charge is 0.238 e. The molecule has 0 aromatic heterocycles. The van der Waals surface area contributed by atoms with E-state index in [1.165, 1.54) is 12.1 Å². The second-order valence-corrected chi connectivity index (χ2v) is 10.4. The first-order chi connectivity index (χ1) is 15.6. The molecule has 0 saturated carbocycles. The Hall–Kier alpha value is -1.29. The van der Waals surface area contributed by atoms with E-state index in [1.54, 1.807) is 23.9 Å². The molecule has 11 nitrogen and oxygen atoms in total. The predicted molar refractivity (Wildman–Crippen MR) is 121 cm³/mol. The van der Waals surface area contributed by atoms with E-state index in [-0.39, 0.29) is 17.4 Å².